The molecule has 2 amide bonds. The van der Waals surface area contributed by atoms with E-state index in [1.54, 1.807) is 41.3 Å². The smallest absolute Gasteiger partial charge is 0.240 e. The number of benzene rings is 2. The van der Waals surface area contributed by atoms with Gasteiger partial charge in [-0.25, -0.2) is 14.4 Å². The number of ether oxygens (including phenoxy) is 1. The summed E-state index contributed by atoms with van der Waals surface area (Å²) in [5.74, 6) is -0.370. The summed E-state index contributed by atoms with van der Waals surface area (Å²) in [4.78, 5) is 38.8. The van der Waals surface area contributed by atoms with Gasteiger partial charge in [0.1, 0.15) is 23.3 Å². The first-order chi connectivity index (χ1) is 18.9. The number of halogens is 1. The molecule has 0 spiro atoms. The molecule has 5 aromatic rings. The number of pyridine rings is 1. The second-order valence-corrected chi connectivity index (χ2v) is 9.29. The van der Waals surface area contributed by atoms with Crippen LogP contribution in [0.1, 0.15) is 12.8 Å². The maximum atomic E-state index is 13.1. The molecule has 10 nitrogen and oxygen atoms in total. The topological polar surface area (TPSA) is 124 Å². The predicted octanol–water partition coefficient (Wildman–Crippen LogP) is 4.71. The van der Waals surface area contributed by atoms with Gasteiger partial charge in [-0.2, -0.15) is 5.10 Å². The molecule has 0 unspecified atom stereocenters. The van der Waals surface area contributed by atoms with E-state index in [0.717, 1.165) is 11.3 Å². The highest BCUT2D eigenvalue weighted by molar-refractivity contribution is 6.16. The van der Waals surface area contributed by atoms with Gasteiger partial charge in [0, 0.05) is 36.4 Å². The van der Waals surface area contributed by atoms with Gasteiger partial charge in [-0.3, -0.25) is 19.3 Å². The Morgan fingerprint density at radius 1 is 0.923 bits per heavy atom. The molecule has 1 aliphatic carbocycles. The molecule has 0 saturated heterocycles. The van der Waals surface area contributed by atoms with E-state index >= 15 is 0 Å². The van der Waals surface area contributed by atoms with Crippen LogP contribution in [0.2, 0.25) is 0 Å². The summed E-state index contributed by atoms with van der Waals surface area (Å²) in [7, 11) is 1.84. The van der Waals surface area contributed by atoms with Crippen LogP contribution in [-0.2, 0) is 16.6 Å². The van der Waals surface area contributed by atoms with Crippen LogP contribution in [0.3, 0.4) is 0 Å². The zero-order valence-corrected chi connectivity index (χ0v) is 20.8. The lowest BCUT2D eigenvalue weighted by Crippen LogP contribution is -2.35. The number of amides is 2. The van der Waals surface area contributed by atoms with Crippen LogP contribution in [0.4, 0.5) is 15.8 Å². The van der Waals surface area contributed by atoms with E-state index in [2.05, 4.69) is 30.7 Å². The molecular weight excluding hydrogens is 501 g/mol. The molecule has 0 atom stereocenters. The van der Waals surface area contributed by atoms with E-state index in [1.165, 1.54) is 30.6 Å². The highest BCUT2D eigenvalue weighted by Crippen LogP contribution is 2.47. The molecule has 0 bridgehead atoms. The number of anilines is 2. The Balaban J connectivity index is 1.13. The molecule has 1 aliphatic rings. The minimum absolute atomic E-state index is 0.344. The van der Waals surface area contributed by atoms with Crippen molar-refractivity contribution in [3.8, 4) is 22.9 Å². The Morgan fingerprint density at radius 3 is 2.21 bits per heavy atom. The molecule has 2 N–H and O–H groups in total. The molecule has 2 aromatic carbocycles. The van der Waals surface area contributed by atoms with Crippen molar-refractivity contribution < 1.29 is 18.7 Å². The Labute approximate surface area is 221 Å². The van der Waals surface area contributed by atoms with Gasteiger partial charge in [-0.15, -0.1) is 0 Å². The summed E-state index contributed by atoms with van der Waals surface area (Å²) in [5.41, 5.74) is 2.09. The molecule has 0 radical (unpaired) electrons. The Morgan fingerprint density at radius 2 is 1.59 bits per heavy atom. The largest absolute Gasteiger partial charge is 0.438 e. The van der Waals surface area contributed by atoms with Crippen LogP contribution in [0, 0.1) is 11.2 Å². The summed E-state index contributed by atoms with van der Waals surface area (Å²) >= 11 is 0. The maximum Gasteiger partial charge on any atom is 0.240 e. The monoisotopic (exact) mass is 523 g/mol. The van der Waals surface area contributed by atoms with Crippen LogP contribution in [-0.4, -0.2) is 36.5 Å². The lowest BCUT2D eigenvalue weighted by molar-refractivity contribution is -0.131. The Hall–Kier alpha value is -5.19. The fraction of sp³-hybridized carbons (Fsp3) is 0.143. The van der Waals surface area contributed by atoms with Crippen molar-refractivity contribution in [3.63, 3.8) is 0 Å². The SMILES string of the molecule is Cn1cc(-c2cc3ncnc(Oc4ccc(NC(=O)C5(C(=O)Nc6ccc(F)cc6)CC5)cc4)c3cn2)cn1. The lowest BCUT2D eigenvalue weighted by atomic mass is 10.0. The number of carbonyl (C=O) groups is 2. The molecule has 3 aromatic heterocycles. The Bertz CT molecular complexity index is 1700. The van der Waals surface area contributed by atoms with E-state index in [9.17, 15) is 14.0 Å². The first-order valence-corrected chi connectivity index (χ1v) is 12.2. The number of aromatic nitrogens is 5. The second kappa shape index (κ2) is 9.60. The number of fused-ring (bicyclic) bond motifs is 1. The lowest BCUT2D eigenvalue weighted by Gasteiger charge is -2.16. The molecule has 1 fully saturated rings. The van der Waals surface area contributed by atoms with Gasteiger partial charge in [0.15, 0.2) is 0 Å². The summed E-state index contributed by atoms with van der Waals surface area (Å²) in [5, 5.41) is 10.3. The van der Waals surface area contributed by atoms with Gasteiger partial charge in [0.05, 0.1) is 22.8 Å². The molecule has 1 saturated carbocycles. The number of hydrogen-bond acceptors (Lipinski definition) is 7. The first-order valence-electron chi connectivity index (χ1n) is 12.2. The van der Waals surface area contributed by atoms with Crippen LogP contribution < -0.4 is 15.4 Å². The number of hydrogen-bond donors (Lipinski definition) is 2. The number of nitrogens with one attached hydrogen (secondary N) is 2. The van der Waals surface area contributed by atoms with E-state index in [0.29, 0.717) is 46.7 Å². The molecule has 11 heteroatoms. The van der Waals surface area contributed by atoms with Gasteiger partial charge in [0.2, 0.25) is 17.7 Å². The normalized spacial score (nSPS) is 13.6. The van der Waals surface area contributed by atoms with Crippen LogP contribution in [0.15, 0.2) is 79.5 Å². The number of carbonyl (C=O) groups excluding carboxylic acids is 2. The van der Waals surface area contributed by atoms with E-state index in [1.807, 2.05) is 19.3 Å². The van der Waals surface area contributed by atoms with Crippen molar-refractivity contribution in [1.29, 1.82) is 0 Å². The Kier molecular flexibility index (Phi) is 5.95. The third-order valence-corrected chi connectivity index (χ3v) is 6.53. The molecule has 194 valence electrons. The zero-order chi connectivity index (χ0) is 27.0. The quantitative estimate of drug-likeness (QED) is 0.296. The summed E-state index contributed by atoms with van der Waals surface area (Å²) in [6.07, 6.45) is 7.56. The molecule has 6 rings (SSSR count). The van der Waals surface area contributed by atoms with Crippen molar-refractivity contribution in [1.82, 2.24) is 24.7 Å². The van der Waals surface area contributed by atoms with Gasteiger partial charge >= 0.3 is 0 Å². The minimum Gasteiger partial charge on any atom is -0.438 e. The van der Waals surface area contributed by atoms with Crippen molar-refractivity contribution >= 4 is 34.1 Å². The van der Waals surface area contributed by atoms with E-state index < -0.39 is 23.0 Å². The summed E-state index contributed by atoms with van der Waals surface area (Å²) in [6.45, 7) is 0. The predicted molar refractivity (Wildman–Crippen MR) is 141 cm³/mol. The third kappa shape index (κ3) is 4.89. The average Bonchev–Trinajstić information content (AvgIpc) is 3.65. The van der Waals surface area contributed by atoms with E-state index in [4.69, 9.17) is 4.74 Å². The van der Waals surface area contributed by atoms with E-state index in [-0.39, 0.29) is 0 Å². The maximum absolute atomic E-state index is 13.1. The average molecular weight is 524 g/mol. The molecule has 39 heavy (non-hydrogen) atoms. The standard InChI is InChI=1S/C28H22FN7O3/c1-36-15-17(13-33-36)23-12-24-22(14-30-23)25(32-16-31-24)39-21-8-6-20(7-9-21)35-27(38)28(10-11-28)26(37)34-19-4-2-18(29)3-5-19/h2-9,12-16H,10-11H2,1H3,(H,34,37)(H,35,38). The number of nitrogens with zero attached hydrogens (tertiary/aromatic N) is 5. The summed E-state index contributed by atoms with van der Waals surface area (Å²) < 4.78 is 20.8. The van der Waals surface area contributed by atoms with Crippen molar-refractivity contribution in [2.24, 2.45) is 12.5 Å². The van der Waals surface area contributed by atoms with Crippen molar-refractivity contribution in [2.45, 2.75) is 12.8 Å². The second-order valence-electron chi connectivity index (χ2n) is 9.29. The third-order valence-electron chi connectivity index (χ3n) is 6.53. The highest BCUT2D eigenvalue weighted by atomic mass is 19.1. The van der Waals surface area contributed by atoms with Crippen LogP contribution >= 0.6 is 0 Å². The van der Waals surface area contributed by atoms with Gasteiger partial charge < -0.3 is 15.4 Å². The van der Waals surface area contributed by atoms with Gasteiger partial charge in [-0.05, 0) is 67.4 Å². The number of rotatable bonds is 7. The van der Waals surface area contributed by atoms with Crippen molar-refractivity contribution in [2.75, 3.05) is 10.6 Å². The van der Waals surface area contributed by atoms with Crippen LogP contribution in [0.5, 0.6) is 11.6 Å². The minimum atomic E-state index is -1.15. The summed E-state index contributed by atoms with van der Waals surface area (Å²) in [6, 6.07) is 14.0. The molecular formula is C28H22FN7O3. The highest BCUT2D eigenvalue weighted by Gasteiger charge is 2.56. The van der Waals surface area contributed by atoms with Crippen molar-refractivity contribution in [3.05, 3.63) is 85.3 Å². The fourth-order valence-electron chi connectivity index (χ4n) is 4.16. The zero-order valence-electron chi connectivity index (χ0n) is 20.8. The number of aryl methyl sites for hydroxylation is 1. The first kappa shape index (κ1) is 24.2. The fourth-order valence-corrected chi connectivity index (χ4v) is 4.16. The molecule has 3 heterocycles. The van der Waals surface area contributed by atoms with Gasteiger partial charge in [-0.1, -0.05) is 0 Å². The van der Waals surface area contributed by atoms with Gasteiger partial charge in [0.25, 0.3) is 0 Å². The van der Waals surface area contributed by atoms with Crippen LogP contribution in [0.25, 0.3) is 22.2 Å². The molecule has 0 aliphatic heterocycles.